The van der Waals surface area contributed by atoms with Crippen molar-refractivity contribution in [3.05, 3.63) is 51.5 Å². The zero-order chi connectivity index (χ0) is 13.2. The van der Waals surface area contributed by atoms with E-state index >= 15 is 0 Å². The Morgan fingerprint density at radius 3 is 2.68 bits per heavy atom. The molecular weight excluding hydrogens is 346 g/mol. The van der Waals surface area contributed by atoms with Crippen LogP contribution in [0, 0.1) is 0 Å². The summed E-state index contributed by atoms with van der Waals surface area (Å²) in [6, 6.07) is 11.9. The minimum Gasteiger partial charge on any atom is -0.378 e. The summed E-state index contributed by atoms with van der Waals surface area (Å²) in [4.78, 5) is 0. The molecule has 0 fully saturated rings. The van der Waals surface area contributed by atoms with Gasteiger partial charge in [0.1, 0.15) is 11.0 Å². The molecule has 0 atom stereocenters. The predicted molar refractivity (Wildman–Crippen MR) is 83.9 cm³/mol. The van der Waals surface area contributed by atoms with Gasteiger partial charge in [0.2, 0.25) is 0 Å². The van der Waals surface area contributed by atoms with Crippen LogP contribution in [0.3, 0.4) is 0 Å². The number of benzene rings is 2. The quantitative estimate of drug-likeness (QED) is 0.739. The van der Waals surface area contributed by atoms with Gasteiger partial charge in [-0.1, -0.05) is 39.7 Å². The standard InChI is InChI=1S/C13H9BrClN3S/c14-9-3-1-8(2-4-9)7-16-12-10(15)5-6-11-13(12)18-19-17-11/h1-6,16H,7H2. The van der Waals surface area contributed by atoms with Crippen molar-refractivity contribution >= 4 is 56.0 Å². The third-order valence-electron chi connectivity index (χ3n) is 2.76. The first-order chi connectivity index (χ1) is 9.24. The Hall–Kier alpha value is -1.17. The summed E-state index contributed by atoms with van der Waals surface area (Å²) >= 11 is 10.8. The molecule has 1 heterocycles. The van der Waals surface area contributed by atoms with Gasteiger partial charge < -0.3 is 5.32 Å². The summed E-state index contributed by atoms with van der Waals surface area (Å²) in [5, 5.41) is 4.00. The molecule has 0 aliphatic heterocycles. The number of aromatic nitrogens is 2. The Balaban J connectivity index is 1.87. The van der Waals surface area contributed by atoms with Crippen LogP contribution in [0.15, 0.2) is 40.9 Å². The first-order valence-corrected chi connectivity index (χ1v) is 7.53. The molecule has 3 nitrogen and oxygen atoms in total. The second-order valence-corrected chi connectivity index (χ2v) is 5.89. The first-order valence-electron chi connectivity index (χ1n) is 5.63. The molecule has 0 radical (unpaired) electrons. The van der Waals surface area contributed by atoms with Crippen LogP contribution < -0.4 is 5.32 Å². The minimum atomic E-state index is 0.664. The maximum atomic E-state index is 6.22. The van der Waals surface area contributed by atoms with E-state index in [2.05, 4.69) is 42.1 Å². The van der Waals surface area contributed by atoms with Crippen LogP contribution >= 0.6 is 39.3 Å². The molecule has 0 aliphatic rings. The van der Waals surface area contributed by atoms with E-state index in [0.29, 0.717) is 11.6 Å². The molecule has 0 spiro atoms. The lowest BCUT2D eigenvalue weighted by atomic mass is 10.2. The molecule has 0 saturated carbocycles. The number of anilines is 1. The highest BCUT2D eigenvalue weighted by molar-refractivity contribution is 9.10. The number of hydrogen-bond acceptors (Lipinski definition) is 4. The molecule has 3 rings (SSSR count). The predicted octanol–water partition coefficient (Wildman–Crippen LogP) is 4.72. The van der Waals surface area contributed by atoms with Crippen molar-refractivity contribution in [3.8, 4) is 0 Å². The molecular formula is C13H9BrClN3S. The first kappa shape index (κ1) is 12.8. The molecule has 96 valence electrons. The third kappa shape index (κ3) is 2.73. The molecule has 1 aromatic heterocycles. The van der Waals surface area contributed by atoms with E-state index in [1.54, 1.807) is 0 Å². The zero-order valence-electron chi connectivity index (χ0n) is 9.73. The van der Waals surface area contributed by atoms with Gasteiger partial charge in [-0.25, -0.2) is 0 Å². The third-order valence-corrected chi connectivity index (χ3v) is 4.15. The SMILES string of the molecule is Clc1ccc2nsnc2c1NCc1ccc(Br)cc1. The lowest BCUT2D eigenvalue weighted by Gasteiger charge is -2.09. The number of fused-ring (bicyclic) bond motifs is 1. The van der Waals surface area contributed by atoms with E-state index < -0.39 is 0 Å². The van der Waals surface area contributed by atoms with Gasteiger partial charge in [-0.05, 0) is 29.8 Å². The van der Waals surface area contributed by atoms with Gasteiger partial charge in [0.15, 0.2) is 0 Å². The Morgan fingerprint density at radius 2 is 1.89 bits per heavy atom. The second-order valence-electron chi connectivity index (χ2n) is 4.03. The highest BCUT2D eigenvalue weighted by Gasteiger charge is 2.09. The van der Waals surface area contributed by atoms with Crippen molar-refractivity contribution < 1.29 is 0 Å². The highest BCUT2D eigenvalue weighted by Crippen LogP contribution is 2.30. The maximum Gasteiger partial charge on any atom is 0.129 e. The highest BCUT2D eigenvalue weighted by atomic mass is 79.9. The number of rotatable bonds is 3. The maximum absolute atomic E-state index is 6.22. The Bertz CT molecular complexity index is 711. The van der Waals surface area contributed by atoms with Gasteiger partial charge in [-0.3, -0.25) is 0 Å². The van der Waals surface area contributed by atoms with E-state index in [-0.39, 0.29) is 0 Å². The molecule has 3 aromatic rings. The van der Waals surface area contributed by atoms with Crippen LogP contribution in [-0.4, -0.2) is 8.75 Å². The van der Waals surface area contributed by atoms with Crippen LogP contribution in [0.25, 0.3) is 11.0 Å². The van der Waals surface area contributed by atoms with Crippen molar-refractivity contribution in [2.75, 3.05) is 5.32 Å². The van der Waals surface area contributed by atoms with E-state index in [9.17, 15) is 0 Å². The molecule has 19 heavy (non-hydrogen) atoms. The van der Waals surface area contributed by atoms with Gasteiger partial charge in [0.05, 0.1) is 22.4 Å². The molecule has 0 aliphatic carbocycles. The monoisotopic (exact) mass is 353 g/mol. The number of nitrogens with zero attached hydrogens (tertiary/aromatic N) is 2. The van der Waals surface area contributed by atoms with Crippen molar-refractivity contribution in [3.63, 3.8) is 0 Å². The van der Waals surface area contributed by atoms with Crippen LogP contribution in [0.4, 0.5) is 5.69 Å². The molecule has 0 saturated heterocycles. The second kappa shape index (κ2) is 5.45. The summed E-state index contributed by atoms with van der Waals surface area (Å²) in [5.74, 6) is 0. The van der Waals surface area contributed by atoms with Gasteiger partial charge in [0.25, 0.3) is 0 Å². The van der Waals surface area contributed by atoms with Gasteiger partial charge in [0, 0.05) is 11.0 Å². The zero-order valence-corrected chi connectivity index (χ0v) is 12.9. The Labute approximate surface area is 128 Å². The fourth-order valence-corrected chi connectivity index (χ4v) is 2.81. The normalized spacial score (nSPS) is 10.8. The summed E-state index contributed by atoms with van der Waals surface area (Å²) in [6.45, 7) is 0.698. The Kier molecular flexibility index (Phi) is 3.68. The van der Waals surface area contributed by atoms with Gasteiger partial charge in [-0.2, -0.15) is 8.75 Å². The van der Waals surface area contributed by atoms with Crippen LogP contribution in [0.2, 0.25) is 5.02 Å². The van der Waals surface area contributed by atoms with Crippen LogP contribution in [0.1, 0.15) is 5.56 Å². The number of nitrogens with one attached hydrogen (secondary N) is 1. The van der Waals surface area contributed by atoms with Crippen molar-refractivity contribution in [2.24, 2.45) is 0 Å². The molecule has 0 amide bonds. The summed E-state index contributed by atoms with van der Waals surface area (Å²) < 4.78 is 9.56. The van der Waals surface area contributed by atoms with Crippen molar-refractivity contribution in [2.45, 2.75) is 6.54 Å². The summed E-state index contributed by atoms with van der Waals surface area (Å²) in [6.07, 6.45) is 0. The fourth-order valence-electron chi connectivity index (χ4n) is 1.79. The molecule has 1 N–H and O–H groups in total. The van der Waals surface area contributed by atoms with E-state index in [1.165, 1.54) is 17.3 Å². The van der Waals surface area contributed by atoms with Crippen LogP contribution in [-0.2, 0) is 6.54 Å². The van der Waals surface area contributed by atoms with Crippen molar-refractivity contribution in [1.29, 1.82) is 0 Å². The molecule has 0 unspecified atom stereocenters. The lowest BCUT2D eigenvalue weighted by molar-refractivity contribution is 1.15. The smallest absolute Gasteiger partial charge is 0.129 e. The molecule has 2 aromatic carbocycles. The lowest BCUT2D eigenvalue weighted by Crippen LogP contribution is -2.00. The number of hydrogen-bond donors (Lipinski definition) is 1. The molecule has 0 bridgehead atoms. The van der Waals surface area contributed by atoms with E-state index in [0.717, 1.165) is 21.2 Å². The largest absolute Gasteiger partial charge is 0.378 e. The average molecular weight is 355 g/mol. The summed E-state index contributed by atoms with van der Waals surface area (Å²) in [7, 11) is 0. The van der Waals surface area contributed by atoms with E-state index in [1.807, 2.05) is 24.3 Å². The average Bonchev–Trinajstić information content (AvgIpc) is 2.88. The Morgan fingerprint density at radius 1 is 1.11 bits per heavy atom. The van der Waals surface area contributed by atoms with E-state index in [4.69, 9.17) is 11.6 Å². The van der Waals surface area contributed by atoms with Gasteiger partial charge >= 0.3 is 0 Å². The topological polar surface area (TPSA) is 37.8 Å². The number of halogens is 2. The molecule has 6 heteroatoms. The summed E-state index contributed by atoms with van der Waals surface area (Å²) in [5.41, 5.74) is 3.72. The van der Waals surface area contributed by atoms with Crippen LogP contribution in [0.5, 0.6) is 0 Å². The van der Waals surface area contributed by atoms with Crippen molar-refractivity contribution in [1.82, 2.24) is 8.75 Å². The fraction of sp³-hybridized carbons (Fsp3) is 0.0769. The minimum absolute atomic E-state index is 0.664. The van der Waals surface area contributed by atoms with Gasteiger partial charge in [-0.15, -0.1) is 0 Å².